The van der Waals surface area contributed by atoms with Gasteiger partial charge >= 0.3 is 0 Å². The molecular weight excluding hydrogens is 338 g/mol. The van der Waals surface area contributed by atoms with Gasteiger partial charge in [-0.1, -0.05) is 30.3 Å². The molecule has 0 saturated heterocycles. The number of aliphatic hydroxyl groups is 1. The van der Waals surface area contributed by atoms with Crippen LogP contribution in [-0.4, -0.2) is 43.4 Å². The van der Waals surface area contributed by atoms with Gasteiger partial charge in [0, 0.05) is 12.5 Å². The number of rotatable bonds is 7. The van der Waals surface area contributed by atoms with E-state index in [2.05, 4.69) is 19.0 Å². The van der Waals surface area contributed by atoms with Crippen molar-refractivity contribution in [2.45, 2.75) is 37.9 Å². The molecule has 0 spiro atoms. The molecule has 2 aromatic carbocycles. The van der Waals surface area contributed by atoms with Gasteiger partial charge in [0.1, 0.15) is 11.5 Å². The molecule has 0 aromatic heterocycles. The molecule has 3 atom stereocenters. The maximum absolute atomic E-state index is 11.7. The minimum absolute atomic E-state index is 0.0897. The summed E-state index contributed by atoms with van der Waals surface area (Å²) in [6, 6.07) is 17.9. The lowest BCUT2D eigenvalue weighted by molar-refractivity contribution is -0.0875. The van der Waals surface area contributed by atoms with Crippen molar-refractivity contribution < 1.29 is 14.6 Å². The molecule has 0 amide bonds. The summed E-state index contributed by atoms with van der Waals surface area (Å²) in [5, 5.41) is 11.7. The highest BCUT2D eigenvalue weighted by Crippen LogP contribution is 2.43. The highest BCUT2D eigenvalue weighted by atomic mass is 16.5. The van der Waals surface area contributed by atoms with Crippen LogP contribution in [-0.2, 0) is 5.60 Å². The maximum Gasteiger partial charge on any atom is 0.119 e. The molecule has 1 N–H and O–H groups in total. The Morgan fingerprint density at radius 1 is 1.07 bits per heavy atom. The predicted octanol–water partition coefficient (Wildman–Crippen LogP) is 4.08. The molecule has 3 unspecified atom stereocenters. The van der Waals surface area contributed by atoms with Gasteiger partial charge in [-0.15, -0.1) is 0 Å². The van der Waals surface area contributed by atoms with Crippen LogP contribution in [0.25, 0.3) is 0 Å². The molecule has 0 radical (unpaired) electrons. The van der Waals surface area contributed by atoms with Gasteiger partial charge in [-0.2, -0.15) is 0 Å². The fourth-order valence-electron chi connectivity index (χ4n) is 4.08. The number of benzene rings is 2. The molecule has 1 saturated carbocycles. The SMILES string of the molecule is CCOc1cccc(C2(O)CCC(Oc3ccccc3)CC2CN(C)C)c1. The Kier molecular flexibility index (Phi) is 6.40. The monoisotopic (exact) mass is 369 g/mol. The Labute approximate surface area is 162 Å². The standard InChI is InChI=1S/C23H31NO3/c1-4-26-21-12-8-9-18(15-21)23(25)14-13-22(16-19(23)17-24(2)3)27-20-10-6-5-7-11-20/h5-12,15,19,22,25H,4,13-14,16-17H2,1-3H3. The summed E-state index contributed by atoms with van der Waals surface area (Å²) in [4.78, 5) is 2.15. The minimum Gasteiger partial charge on any atom is -0.494 e. The van der Waals surface area contributed by atoms with Gasteiger partial charge in [-0.05, 0) is 70.1 Å². The van der Waals surface area contributed by atoms with Crippen LogP contribution in [0.5, 0.6) is 11.5 Å². The lowest BCUT2D eigenvalue weighted by Gasteiger charge is -2.44. The van der Waals surface area contributed by atoms with Crippen LogP contribution in [0.4, 0.5) is 0 Å². The van der Waals surface area contributed by atoms with Crippen molar-refractivity contribution >= 4 is 0 Å². The van der Waals surface area contributed by atoms with E-state index < -0.39 is 5.60 Å². The second-order valence-corrected chi connectivity index (χ2v) is 7.67. The molecule has 2 aromatic rings. The van der Waals surface area contributed by atoms with E-state index in [1.165, 1.54) is 0 Å². The summed E-state index contributed by atoms with van der Waals surface area (Å²) in [6.45, 7) is 3.41. The first kappa shape index (κ1) is 19.7. The van der Waals surface area contributed by atoms with E-state index in [1.54, 1.807) is 0 Å². The quantitative estimate of drug-likeness (QED) is 0.798. The van der Waals surface area contributed by atoms with E-state index in [1.807, 2.05) is 61.5 Å². The molecule has 1 fully saturated rings. The molecule has 1 aliphatic carbocycles. The summed E-state index contributed by atoms with van der Waals surface area (Å²) in [5.41, 5.74) is 0.0759. The zero-order valence-electron chi connectivity index (χ0n) is 16.6. The molecule has 0 heterocycles. The zero-order valence-corrected chi connectivity index (χ0v) is 16.6. The first-order valence-corrected chi connectivity index (χ1v) is 9.83. The second kappa shape index (κ2) is 8.77. The number of hydrogen-bond donors (Lipinski definition) is 1. The summed E-state index contributed by atoms with van der Waals surface area (Å²) < 4.78 is 11.9. The maximum atomic E-state index is 11.7. The highest BCUT2D eigenvalue weighted by molar-refractivity contribution is 5.33. The van der Waals surface area contributed by atoms with Crippen LogP contribution >= 0.6 is 0 Å². The van der Waals surface area contributed by atoms with Gasteiger partial charge < -0.3 is 19.5 Å². The fourth-order valence-corrected chi connectivity index (χ4v) is 4.08. The molecule has 4 nitrogen and oxygen atoms in total. The molecule has 0 bridgehead atoms. The second-order valence-electron chi connectivity index (χ2n) is 7.67. The minimum atomic E-state index is -0.867. The van der Waals surface area contributed by atoms with E-state index in [9.17, 15) is 5.11 Å². The summed E-state index contributed by atoms with van der Waals surface area (Å²) in [6.07, 6.45) is 2.45. The lowest BCUT2D eigenvalue weighted by Crippen LogP contribution is -2.47. The van der Waals surface area contributed by atoms with Gasteiger partial charge in [-0.25, -0.2) is 0 Å². The number of ether oxygens (including phenoxy) is 2. The van der Waals surface area contributed by atoms with Crippen molar-refractivity contribution in [3.63, 3.8) is 0 Å². The van der Waals surface area contributed by atoms with Gasteiger partial charge in [0.2, 0.25) is 0 Å². The van der Waals surface area contributed by atoms with E-state index in [-0.39, 0.29) is 12.0 Å². The molecule has 4 heteroatoms. The average molecular weight is 370 g/mol. The Bertz CT molecular complexity index is 719. The summed E-state index contributed by atoms with van der Waals surface area (Å²) >= 11 is 0. The zero-order chi connectivity index (χ0) is 19.3. The molecule has 0 aliphatic heterocycles. The Morgan fingerprint density at radius 3 is 2.52 bits per heavy atom. The van der Waals surface area contributed by atoms with Gasteiger partial charge in [0.05, 0.1) is 18.3 Å². The fraction of sp³-hybridized carbons (Fsp3) is 0.478. The van der Waals surface area contributed by atoms with Crippen molar-refractivity contribution in [2.24, 2.45) is 5.92 Å². The Morgan fingerprint density at radius 2 is 1.81 bits per heavy atom. The Balaban J connectivity index is 1.81. The van der Waals surface area contributed by atoms with Gasteiger partial charge in [-0.3, -0.25) is 0 Å². The smallest absolute Gasteiger partial charge is 0.119 e. The number of nitrogens with zero attached hydrogens (tertiary/aromatic N) is 1. The Hall–Kier alpha value is -2.04. The van der Waals surface area contributed by atoms with Crippen LogP contribution in [0.15, 0.2) is 54.6 Å². The molecule has 3 rings (SSSR count). The van der Waals surface area contributed by atoms with Crippen LogP contribution in [0.2, 0.25) is 0 Å². The topological polar surface area (TPSA) is 41.9 Å². The van der Waals surface area contributed by atoms with Crippen molar-refractivity contribution in [1.82, 2.24) is 4.90 Å². The predicted molar refractivity (Wildman–Crippen MR) is 108 cm³/mol. The van der Waals surface area contributed by atoms with Gasteiger partial charge in [0.15, 0.2) is 0 Å². The molecule has 1 aliphatic rings. The first-order valence-electron chi connectivity index (χ1n) is 9.83. The number of para-hydroxylation sites is 1. The average Bonchev–Trinajstić information content (AvgIpc) is 2.66. The molecule has 146 valence electrons. The summed E-state index contributed by atoms with van der Waals surface area (Å²) in [7, 11) is 4.11. The molecular formula is C23H31NO3. The van der Waals surface area contributed by atoms with Crippen LogP contribution in [0.1, 0.15) is 31.7 Å². The summed E-state index contributed by atoms with van der Waals surface area (Å²) in [5.74, 6) is 1.80. The van der Waals surface area contributed by atoms with Gasteiger partial charge in [0.25, 0.3) is 0 Å². The van der Waals surface area contributed by atoms with Crippen molar-refractivity contribution in [1.29, 1.82) is 0 Å². The number of hydrogen-bond acceptors (Lipinski definition) is 4. The van der Waals surface area contributed by atoms with Crippen molar-refractivity contribution in [2.75, 3.05) is 27.2 Å². The lowest BCUT2D eigenvalue weighted by atomic mass is 9.70. The third-order valence-electron chi connectivity index (χ3n) is 5.35. The van der Waals surface area contributed by atoms with Crippen LogP contribution < -0.4 is 9.47 Å². The normalized spacial score (nSPS) is 25.4. The van der Waals surface area contributed by atoms with Crippen molar-refractivity contribution in [3.05, 3.63) is 60.2 Å². The molecule has 27 heavy (non-hydrogen) atoms. The van der Waals surface area contributed by atoms with Crippen LogP contribution in [0.3, 0.4) is 0 Å². The van der Waals surface area contributed by atoms with E-state index in [0.29, 0.717) is 13.0 Å². The van der Waals surface area contributed by atoms with Crippen LogP contribution in [0, 0.1) is 5.92 Å². The third kappa shape index (κ3) is 4.82. The highest BCUT2D eigenvalue weighted by Gasteiger charge is 2.44. The van der Waals surface area contributed by atoms with E-state index >= 15 is 0 Å². The van der Waals surface area contributed by atoms with E-state index in [4.69, 9.17) is 9.47 Å². The first-order chi connectivity index (χ1) is 13.0. The van der Waals surface area contributed by atoms with Crippen molar-refractivity contribution in [3.8, 4) is 11.5 Å². The third-order valence-corrected chi connectivity index (χ3v) is 5.35. The van der Waals surface area contributed by atoms with E-state index in [0.717, 1.165) is 36.4 Å². The largest absolute Gasteiger partial charge is 0.494 e.